The number of hydrogen-bond acceptors (Lipinski definition) is 4. The van der Waals surface area contributed by atoms with Gasteiger partial charge in [-0.15, -0.1) is 0 Å². The number of nitrogens with one attached hydrogen (secondary N) is 1. The van der Waals surface area contributed by atoms with Crippen molar-refractivity contribution in [3.05, 3.63) is 30.0 Å². The molecule has 7 heteroatoms. The highest BCUT2D eigenvalue weighted by atomic mass is 16.5. The zero-order chi connectivity index (χ0) is 16.6. The first kappa shape index (κ1) is 15.4. The van der Waals surface area contributed by atoms with Gasteiger partial charge in [-0.25, -0.2) is 0 Å². The molecule has 0 spiro atoms. The Morgan fingerprint density at radius 2 is 2.13 bits per heavy atom. The molecule has 1 unspecified atom stereocenters. The van der Waals surface area contributed by atoms with Crippen LogP contribution < -0.4 is 15.8 Å². The Hall–Kier alpha value is -2.54. The summed E-state index contributed by atoms with van der Waals surface area (Å²) in [6.07, 6.45) is 0. The number of aryl methyl sites for hydroxylation is 1. The maximum Gasteiger partial charge on any atom is 0.271 e. The number of carbonyl (C=O) groups is 2. The van der Waals surface area contributed by atoms with Crippen LogP contribution in [0.5, 0.6) is 5.75 Å². The van der Waals surface area contributed by atoms with Crippen molar-refractivity contribution in [1.82, 2.24) is 14.8 Å². The second-order valence-corrected chi connectivity index (χ2v) is 5.63. The average Bonchev–Trinajstić information content (AvgIpc) is 2.90. The predicted octanol–water partition coefficient (Wildman–Crippen LogP) is 0.0862. The molecule has 0 saturated carbocycles. The lowest BCUT2D eigenvalue weighted by Crippen LogP contribution is -2.58. The first-order valence-corrected chi connectivity index (χ1v) is 7.47. The molecule has 1 aliphatic rings. The molecule has 2 aromatic rings. The van der Waals surface area contributed by atoms with Crippen LogP contribution in [0.4, 0.5) is 0 Å². The Morgan fingerprint density at radius 3 is 2.83 bits per heavy atom. The van der Waals surface area contributed by atoms with Crippen molar-refractivity contribution in [2.75, 3.05) is 26.7 Å². The van der Waals surface area contributed by atoms with Crippen molar-refractivity contribution in [1.29, 1.82) is 0 Å². The van der Waals surface area contributed by atoms with Gasteiger partial charge in [-0.05, 0) is 24.3 Å². The first-order chi connectivity index (χ1) is 11.0. The molecule has 3 N–H and O–H groups in total. The number of nitrogens with zero attached hydrogens (tertiary/aromatic N) is 2. The number of benzene rings is 1. The van der Waals surface area contributed by atoms with Crippen LogP contribution in [0.15, 0.2) is 24.3 Å². The van der Waals surface area contributed by atoms with E-state index in [0.717, 1.165) is 16.7 Å². The number of rotatable bonds is 3. The number of primary amides is 1. The second-order valence-electron chi connectivity index (χ2n) is 5.63. The highest BCUT2D eigenvalue weighted by Gasteiger charge is 2.32. The quantitative estimate of drug-likeness (QED) is 0.839. The van der Waals surface area contributed by atoms with Gasteiger partial charge in [0.2, 0.25) is 5.91 Å². The van der Waals surface area contributed by atoms with E-state index in [-0.39, 0.29) is 5.91 Å². The van der Waals surface area contributed by atoms with Gasteiger partial charge in [0.1, 0.15) is 17.5 Å². The Labute approximate surface area is 134 Å². The van der Waals surface area contributed by atoms with E-state index < -0.39 is 11.9 Å². The molecule has 1 saturated heterocycles. The van der Waals surface area contributed by atoms with Crippen LogP contribution >= 0.6 is 0 Å². The number of aromatic nitrogens is 1. The van der Waals surface area contributed by atoms with Gasteiger partial charge in [0, 0.05) is 37.6 Å². The summed E-state index contributed by atoms with van der Waals surface area (Å²) in [7, 11) is 3.44. The fourth-order valence-corrected chi connectivity index (χ4v) is 3.01. The van der Waals surface area contributed by atoms with Gasteiger partial charge in [0.25, 0.3) is 5.91 Å². The highest BCUT2D eigenvalue weighted by Crippen LogP contribution is 2.25. The van der Waals surface area contributed by atoms with E-state index in [1.165, 1.54) is 0 Å². The molecule has 122 valence electrons. The third-order valence-corrected chi connectivity index (χ3v) is 4.30. The Balaban J connectivity index is 1.99. The zero-order valence-electron chi connectivity index (χ0n) is 13.2. The van der Waals surface area contributed by atoms with Gasteiger partial charge in [0.15, 0.2) is 0 Å². The van der Waals surface area contributed by atoms with Gasteiger partial charge >= 0.3 is 0 Å². The van der Waals surface area contributed by atoms with Crippen molar-refractivity contribution in [2.45, 2.75) is 6.04 Å². The SMILES string of the molecule is COc1ccc2c(c1)cc(C(=O)N1CCNCC1C(N)=O)n2C. The summed E-state index contributed by atoms with van der Waals surface area (Å²) in [5.41, 5.74) is 6.89. The molecule has 23 heavy (non-hydrogen) atoms. The fourth-order valence-electron chi connectivity index (χ4n) is 3.01. The standard InChI is InChI=1S/C16H20N4O3/c1-19-12-4-3-11(23-2)7-10(12)8-13(19)16(22)20-6-5-18-9-14(20)15(17)21/h3-4,7-8,14,18H,5-6,9H2,1-2H3,(H2,17,21). The maximum absolute atomic E-state index is 12.9. The van der Waals surface area contributed by atoms with E-state index in [9.17, 15) is 9.59 Å². The molecule has 0 bridgehead atoms. The molecule has 0 radical (unpaired) electrons. The monoisotopic (exact) mass is 316 g/mol. The van der Waals surface area contributed by atoms with Gasteiger partial charge in [-0.3, -0.25) is 9.59 Å². The Kier molecular flexibility index (Phi) is 3.96. The smallest absolute Gasteiger partial charge is 0.271 e. The molecule has 2 amide bonds. The molecule has 1 atom stereocenters. The van der Waals surface area contributed by atoms with E-state index >= 15 is 0 Å². The second kappa shape index (κ2) is 5.92. The molecular formula is C16H20N4O3. The zero-order valence-corrected chi connectivity index (χ0v) is 13.2. The first-order valence-electron chi connectivity index (χ1n) is 7.47. The molecule has 0 aliphatic carbocycles. The maximum atomic E-state index is 12.9. The highest BCUT2D eigenvalue weighted by molar-refractivity contribution is 6.01. The molecule has 2 heterocycles. The predicted molar refractivity (Wildman–Crippen MR) is 86.4 cm³/mol. The third-order valence-electron chi connectivity index (χ3n) is 4.30. The van der Waals surface area contributed by atoms with E-state index in [4.69, 9.17) is 10.5 Å². The van der Waals surface area contributed by atoms with Gasteiger partial charge in [-0.2, -0.15) is 0 Å². The lowest BCUT2D eigenvalue weighted by Gasteiger charge is -2.34. The average molecular weight is 316 g/mol. The molecule has 3 rings (SSSR count). The van der Waals surface area contributed by atoms with Crippen LogP contribution in [0, 0.1) is 0 Å². The molecule has 1 aromatic carbocycles. The van der Waals surface area contributed by atoms with Crippen LogP contribution in [0.25, 0.3) is 10.9 Å². The van der Waals surface area contributed by atoms with Gasteiger partial charge in [0.05, 0.1) is 7.11 Å². The summed E-state index contributed by atoms with van der Waals surface area (Å²) in [5.74, 6) is 0.0539. The number of fused-ring (bicyclic) bond motifs is 1. The van der Waals surface area contributed by atoms with Gasteiger partial charge < -0.3 is 25.3 Å². The van der Waals surface area contributed by atoms with E-state index in [1.54, 1.807) is 12.0 Å². The van der Waals surface area contributed by atoms with Gasteiger partial charge in [-0.1, -0.05) is 0 Å². The summed E-state index contributed by atoms with van der Waals surface area (Å²) in [5, 5.41) is 4.01. The lowest BCUT2D eigenvalue weighted by molar-refractivity contribution is -0.122. The van der Waals surface area contributed by atoms with Crippen LogP contribution in [0.1, 0.15) is 10.5 Å². The van der Waals surface area contributed by atoms with Crippen LogP contribution in [0.3, 0.4) is 0 Å². The van der Waals surface area contributed by atoms with E-state index in [1.807, 2.05) is 35.9 Å². The lowest BCUT2D eigenvalue weighted by atomic mass is 10.1. The summed E-state index contributed by atoms with van der Waals surface area (Å²) < 4.78 is 7.05. The van der Waals surface area contributed by atoms with Crippen LogP contribution in [-0.2, 0) is 11.8 Å². The van der Waals surface area contributed by atoms with Crippen LogP contribution in [0.2, 0.25) is 0 Å². The number of amides is 2. The molecular weight excluding hydrogens is 296 g/mol. The number of hydrogen-bond donors (Lipinski definition) is 2. The van der Waals surface area contributed by atoms with Crippen LogP contribution in [-0.4, -0.2) is 54.1 Å². The van der Waals surface area contributed by atoms with E-state index in [0.29, 0.717) is 25.3 Å². The minimum Gasteiger partial charge on any atom is -0.497 e. The summed E-state index contributed by atoms with van der Waals surface area (Å²) in [4.78, 5) is 26.0. The number of nitrogens with two attached hydrogens (primary N) is 1. The normalized spacial score (nSPS) is 18.2. The Morgan fingerprint density at radius 1 is 1.35 bits per heavy atom. The fraction of sp³-hybridized carbons (Fsp3) is 0.375. The van der Waals surface area contributed by atoms with E-state index in [2.05, 4.69) is 5.32 Å². The number of piperazine rings is 1. The number of ether oxygens (including phenoxy) is 1. The van der Waals surface area contributed by atoms with Crippen molar-refractivity contribution in [3.63, 3.8) is 0 Å². The molecule has 7 nitrogen and oxygen atoms in total. The summed E-state index contributed by atoms with van der Waals surface area (Å²) in [6, 6.07) is 6.85. The number of carbonyl (C=O) groups excluding carboxylic acids is 2. The molecule has 1 fully saturated rings. The number of methoxy groups -OCH3 is 1. The van der Waals surface area contributed by atoms with Crippen molar-refractivity contribution >= 4 is 22.7 Å². The topological polar surface area (TPSA) is 89.6 Å². The summed E-state index contributed by atoms with van der Waals surface area (Å²) >= 11 is 0. The Bertz CT molecular complexity index is 768. The minimum absolute atomic E-state index is 0.187. The largest absolute Gasteiger partial charge is 0.497 e. The van der Waals surface area contributed by atoms with Crippen molar-refractivity contribution in [3.8, 4) is 5.75 Å². The van der Waals surface area contributed by atoms with Crippen molar-refractivity contribution in [2.24, 2.45) is 12.8 Å². The minimum atomic E-state index is -0.621. The summed E-state index contributed by atoms with van der Waals surface area (Å²) in [6.45, 7) is 1.49. The third kappa shape index (κ3) is 2.63. The molecule has 1 aliphatic heterocycles. The molecule has 1 aromatic heterocycles. The van der Waals surface area contributed by atoms with Crippen molar-refractivity contribution < 1.29 is 14.3 Å².